The number of nitrogens with zero attached hydrogens (tertiary/aromatic N) is 4. The van der Waals surface area contributed by atoms with E-state index in [1.165, 1.54) is 0 Å². The third-order valence-electron chi connectivity index (χ3n) is 3.20. The fourth-order valence-corrected chi connectivity index (χ4v) is 2.18. The third-order valence-corrected chi connectivity index (χ3v) is 3.63. The topological polar surface area (TPSA) is 41.9 Å². The molecule has 0 N–H and O–H groups in total. The van der Waals surface area contributed by atoms with E-state index >= 15 is 0 Å². The summed E-state index contributed by atoms with van der Waals surface area (Å²) in [5.74, 6) is 2.17. The number of anilines is 1. The van der Waals surface area contributed by atoms with Gasteiger partial charge in [0.05, 0.1) is 11.4 Å². The van der Waals surface area contributed by atoms with Crippen molar-refractivity contribution in [1.82, 2.24) is 15.2 Å². The molecule has 5 heteroatoms. The summed E-state index contributed by atoms with van der Waals surface area (Å²) < 4.78 is 0. The first-order chi connectivity index (χ1) is 7.70. The number of rotatable bonds is 2. The Morgan fingerprint density at radius 1 is 1.19 bits per heavy atom. The fourth-order valence-electron chi connectivity index (χ4n) is 1.87. The molecule has 88 valence electrons. The van der Waals surface area contributed by atoms with Crippen molar-refractivity contribution >= 4 is 17.5 Å². The largest absolute Gasteiger partial charge is 0.340 e. The molecule has 0 aliphatic carbocycles. The summed E-state index contributed by atoms with van der Waals surface area (Å²) in [4.78, 5) is 6.66. The summed E-state index contributed by atoms with van der Waals surface area (Å²) in [5.41, 5.74) is 1.86. The van der Waals surface area contributed by atoms with E-state index in [9.17, 15) is 0 Å². The van der Waals surface area contributed by atoms with Crippen molar-refractivity contribution in [2.24, 2.45) is 5.92 Å². The Bertz CT molecular complexity index is 361. The first kappa shape index (κ1) is 11.6. The molecule has 16 heavy (non-hydrogen) atoms. The molecule has 0 radical (unpaired) electrons. The van der Waals surface area contributed by atoms with Gasteiger partial charge in [0, 0.05) is 19.0 Å². The molecule has 1 aromatic heterocycles. The van der Waals surface area contributed by atoms with Crippen LogP contribution in [0.25, 0.3) is 0 Å². The van der Waals surface area contributed by atoms with Gasteiger partial charge in [0.25, 0.3) is 0 Å². The van der Waals surface area contributed by atoms with Crippen molar-refractivity contribution in [3.05, 3.63) is 11.4 Å². The molecule has 0 atom stereocenters. The lowest BCUT2D eigenvalue weighted by Gasteiger charge is -2.30. The van der Waals surface area contributed by atoms with Gasteiger partial charge in [0.1, 0.15) is 0 Å². The van der Waals surface area contributed by atoms with Crippen molar-refractivity contribution in [2.45, 2.75) is 26.7 Å². The summed E-state index contributed by atoms with van der Waals surface area (Å²) in [6.07, 6.45) is 2.25. The van der Waals surface area contributed by atoms with Crippen molar-refractivity contribution in [1.29, 1.82) is 0 Å². The molecule has 0 spiro atoms. The zero-order valence-electron chi connectivity index (χ0n) is 9.78. The van der Waals surface area contributed by atoms with Crippen LogP contribution in [0.4, 0.5) is 5.95 Å². The van der Waals surface area contributed by atoms with Gasteiger partial charge < -0.3 is 4.90 Å². The van der Waals surface area contributed by atoms with Gasteiger partial charge in [-0.1, -0.05) is 0 Å². The summed E-state index contributed by atoms with van der Waals surface area (Å²) in [6, 6.07) is 0. The molecule has 0 aromatic carbocycles. The number of alkyl halides is 1. The van der Waals surface area contributed by atoms with Gasteiger partial charge in [0.2, 0.25) is 5.95 Å². The first-order valence-corrected chi connectivity index (χ1v) is 6.23. The molecule has 2 heterocycles. The Hall–Kier alpha value is -0.900. The molecule has 1 aromatic rings. The molecular weight excluding hydrogens is 224 g/mol. The van der Waals surface area contributed by atoms with Crippen molar-refractivity contribution in [2.75, 3.05) is 23.9 Å². The summed E-state index contributed by atoms with van der Waals surface area (Å²) in [6.45, 7) is 5.88. The van der Waals surface area contributed by atoms with Gasteiger partial charge in [0.15, 0.2) is 0 Å². The maximum Gasteiger partial charge on any atom is 0.245 e. The fraction of sp³-hybridized carbons (Fsp3) is 0.727. The van der Waals surface area contributed by atoms with E-state index in [4.69, 9.17) is 11.6 Å². The predicted molar refractivity (Wildman–Crippen MR) is 65.0 cm³/mol. The van der Waals surface area contributed by atoms with Crippen LogP contribution in [0.3, 0.4) is 0 Å². The Balaban J connectivity index is 2.05. The van der Waals surface area contributed by atoms with Crippen LogP contribution >= 0.6 is 11.6 Å². The van der Waals surface area contributed by atoms with Crippen molar-refractivity contribution < 1.29 is 0 Å². The van der Waals surface area contributed by atoms with Gasteiger partial charge in [-0.15, -0.1) is 16.7 Å². The van der Waals surface area contributed by atoms with Crippen LogP contribution in [0, 0.1) is 19.8 Å². The molecule has 0 unspecified atom stereocenters. The van der Waals surface area contributed by atoms with E-state index in [-0.39, 0.29) is 0 Å². The number of hydrogen-bond acceptors (Lipinski definition) is 4. The third kappa shape index (κ3) is 2.43. The predicted octanol–water partition coefficient (Wildman–Crippen LogP) is 1.94. The monoisotopic (exact) mass is 240 g/mol. The zero-order chi connectivity index (χ0) is 11.5. The van der Waals surface area contributed by atoms with Gasteiger partial charge in [-0.3, -0.25) is 0 Å². The van der Waals surface area contributed by atoms with Crippen molar-refractivity contribution in [3.8, 4) is 0 Å². The maximum atomic E-state index is 5.86. The van der Waals surface area contributed by atoms with Crippen LogP contribution in [-0.4, -0.2) is 34.2 Å². The Labute approximate surface area is 101 Å². The SMILES string of the molecule is Cc1nnc(N2CCC(CCl)CC2)nc1C. The smallest absolute Gasteiger partial charge is 0.245 e. The molecule has 1 aliphatic rings. The second-order valence-corrected chi connectivity index (χ2v) is 4.68. The molecule has 1 aliphatic heterocycles. The minimum absolute atomic E-state index is 0.650. The van der Waals surface area contributed by atoms with Crippen LogP contribution in [0.15, 0.2) is 0 Å². The van der Waals surface area contributed by atoms with Gasteiger partial charge in [-0.05, 0) is 32.6 Å². The van der Waals surface area contributed by atoms with Crippen LogP contribution in [0.2, 0.25) is 0 Å². The highest BCUT2D eigenvalue weighted by Crippen LogP contribution is 2.21. The van der Waals surface area contributed by atoms with E-state index in [0.29, 0.717) is 5.92 Å². The lowest BCUT2D eigenvalue weighted by atomic mass is 9.99. The Morgan fingerprint density at radius 2 is 1.88 bits per heavy atom. The highest BCUT2D eigenvalue weighted by atomic mass is 35.5. The molecule has 4 nitrogen and oxygen atoms in total. The molecule has 0 saturated carbocycles. The summed E-state index contributed by atoms with van der Waals surface area (Å²) in [7, 11) is 0. The number of piperidine rings is 1. The summed E-state index contributed by atoms with van der Waals surface area (Å²) in [5, 5.41) is 8.26. The number of halogens is 1. The first-order valence-electron chi connectivity index (χ1n) is 5.69. The maximum absolute atomic E-state index is 5.86. The second-order valence-electron chi connectivity index (χ2n) is 4.37. The average Bonchev–Trinajstić information content (AvgIpc) is 2.33. The minimum Gasteiger partial charge on any atom is -0.340 e. The van der Waals surface area contributed by atoms with Crippen LogP contribution in [0.5, 0.6) is 0 Å². The quantitative estimate of drug-likeness (QED) is 0.741. The van der Waals surface area contributed by atoms with Crippen molar-refractivity contribution in [3.63, 3.8) is 0 Å². The second kappa shape index (κ2) is 4.95. The Kier molecular flexibility index (Phi) is 3.59. The molecule has 0 amide bonds. The highest BCUT2D eigenvalue weighted by Gasteiger charge is 2.20. The van der Waals surface area contributed by atoms with E-state index in [1.54, 1.807) is 0 Å². The van der Waals surface area contributed by atoms with E-state index in [2.05, 4.69) is 20.1 Å². The number of aryl methyl sites for hydroxylation is 2. The minimum atomic E-state index is 0.650. The van der Waals surface area contributed by atoms with E-state index < -0.39 is 0 Å². The van der Waals surface area contributed by atoms with Crippen LogP contribution in [0.1, 0.15) is 24.2 Å². The van der Waals surface area contributed by atoms with Crippen LogP contribution in [-0.2, 0) is 0 Å². The zero-order valence-corrected chi connectivity index (χ0v) is 10.5. The van der Waals surface area contributed by atoms with Gasteiger partial charge >= 0.3 is 0 Å². The lowest BCUT2D eigenvalue weighted by Crippen LogP contribution is -2.35. The molecule has 1 saturated heterocycles. The van der Waals surface area contributed by atoms with Gasteiger partial charge in [-0.2, -0.15) is 5.10 Å². The Morgan fingerprint density at radius 3 is 2.44 bits per heavy atom. The molecular formula is C11H17ClN4. The standard InChI is InChI=1S/C11H17ClN4/c1-8-9(2)14-15-11(13-8)16-5-3-10(7-12)4-6-16/h10H,3-7H2,1-2H3. The molecule has 0 bridgehead atoms. The van der Waals surface area contributed by atoms with E-state index in [1.807, 2.05) is 13.8 Å². The van der Waals surface area contributed by atoms with Crippen LogP contribution < -0.4 is 4.90 Å². The van der Waals surface area contributed by atoms with Gasteiger partial charge in [-0.25, -0.2) is 4.98 Å². The number of aromatic nitrogens is 3. The average molecular weight is 241 g/mol. The normalized spacial score (nSPS) is 17.8. The van der Waals surface area contributed by atoms with E-state index in [0.717, 1.165) is 49.1 Å². The molecule has 1 fully saturated rings. The summed E-state index contributed by atoms with van der Waals surface area (Å²) >= 11 is 5.86. The molecule has 2 rings (SSSR count). The number of hydrogen-bond donors (Lipinski definition) is 0. The lowest BCUT2D eigenvalue weighted by molar-refractivity contribution is 0.437. The highest BCUT2D eigenvalue weighted by molar-refractivity contribution is 6.18.